The molecule has 0 aliphatic rings. The van der Waals surface area contributed by atoms with E-state index in [0.717, 1.165) is 11.1 Å². The smallest absolute Gasteiger partial charge is 0.192 e. The van der Waals surface area contributed by atoms with E-state index >= 15 is 0 Å². The topological polar surface area (TPSA) is 50.6 Å². The van der Waals surface area contributed by atoms with Crippen molar-refractivity contribution in [1.82, 2.24) is 9.80 Å². The van der Waals surface area contributed by atoms with Crippen LogP contribution in [0.2, 0.25) is 0 Å². The summed E-state index contributed by atoms with van der Waals surface area (Å²) in [6, 6.07) is 4.18. The van der Waals surface area contributed by atoms with Gasteiger partial charge in [0, 0.05) is 28.2 Å². The van der Waals surface area contributed by atoms with Gasteiger partial charge in [0.05, 0.1) is 0 Å². The van der Waals surface area contributed by atoms with Gasteiger partial charge in [-0.25, -0.2) is 0 Å². The molecule has 138 valence electrons. The fraction of sp³-hybridized carbons (Fsp3) is 0.650. The molecule has 0 amide bonds. The van der Waals surface area contributed by atoms with Crippen LogP contribution in [0.5, 0.6) is 5.75 Å². The molecule has 24 heavy (non-hydrogen) atoms. The van der Waals surface area contributed by atoms with Crippen LogP contribution in [0, 0.1) is 12.3 Å². The number of phenolic OH excluding ortho intramolecular Hbond substituents is 1. The Morgan fingerprint density at radius 1 is 0.833 bits per heavy atom. The third-order valence-electron chi connectivity index (χ3n) is 3.72. The van der Waals surface area contributed by atoms with Crippen molar-refractivity contribution in [3.05, 3.63) is 28.8 Å². The van der Waals surface area contributed by atoms with Crippen LogP contribution in [0.3, 0.4) is 0 Å². The van der Waals surface area contributed by atoms with E-state index in [1.54, 1.807) is 9.80 Å². The van der Waals surface area contributed by atoms with Crippen molar-refractivity contribution in [3.63, 3.8) is 0 Å². The van der Waals surface area contributed by atoms with Gasteiger partial charge in [0.25, 0.3) is 0 Å². The van der Waals surface area contributed by atoms with E-state index in [1.807, 2.05) is 28.2 Å². The van der Waals surface area contributed by atoms with E-state index < -0.39 is 0 Å². The van der Waals surface area contributed by atoms with Gasteiger partial charge >= 0.3 is 0 Å². The van der Waals surface area contributed by atoms with Crippen molar-refractivity contribution < 1.29 is 5.11 Å². The standard InChI is InChI=1S/C15H24O.C5H13N3/c1-10-8-11(14(2,3)4)13(16)12(9-10)15(5,6)7;1-7(2)5(6)8(3)4/h8-9,16H,1-7H3;6H,1-4H3. The highest BCUT2D eigenvalue weighted by Crippen LogP contribution is 2.39. The van der Waals surface area contributed by atoms with E-state index in [0.29, 0.717) is 11.7 Å². The number of benzene rings is 1. The predicted octanol–water partition coefficient (Wildman–Crippen LogP) is 4.34. The summed E-state index contributed by atoms with van der Waals surface area (Å²) in [6.45, 7) is 14.9. The molecule has 4 nitrogen and oxygen atoms in total. The van der Waals surface area contributed by atoms with E-state index in [1.165, 1.54) is 5.56 Å². The molecule has 0 aromatic heterocycles. The summed E-state index contributed by atoms with van der Waals surface area (Å²) < 4.78 is 0. The van der Waals surface area contributed by atoms with Gasteiger partial charge in [-0.2, -0.15) is 0 Å². The fourth-order valence-corrected chi connectivity index (χ4v) is 2.32. The second-order valence-electron chi connectivity index (χ2n) is 8.82. The summed E-state index contributed by atoms with van der Waals surface area (Å²) in [5.74, 6) is 0.982. The van der Waals surface area contributed by atoms with Crippen LogP contribution in [-0.4, -0.2) is 49.1 Å². The van der Waals surface area contributed by atoms with E-state index in [4.69, 9.17) is 5.41 Å². The largest absolute Gasteiger partial charge is 0.507 e. The molecule has 0 bridgehead atoms. The molecular weight excluding hydrogens is 298 g/mol. The number of hydrogen-bond donors (Lipinski definition) is 2. The summed E-state index contributed by atoms with van der Waals surface area (Å²) in [5.41, 5.74) is 3.26. The van der Waals surface area contributed by atoms with Crippen molar-refractivity contribution >= 4 is 5.96 Å². The van der Waals surface area contributed by atoms with Crippen molar-refractivity contribution in [2.24, 2.45) is 0 Å². The lowest BCUT2D eigenvalue weighted by molar-refractivity contribution is 0.423. The quantitative estimate of drug-likeness (QED) is 0.548. The van der Waals surface area contributed by atoms with Crippen LogP contribution in [0.4, 0.5) is 0 Å². The maximum absolute atomic E-state index is 10.4. The zero-order valence-corrected chi connectivity index (χ0v) is 17.5. The average Bonchev–Trinajstić information content (AvgIpc) is 2.38. The molecule has 1 rings (SSSR count). The molecule has 0 saturated carbocycles. The Morgan fingerprint density at radius 3 is 1.29 bits per heavy atom. The highest BCUT2D eigenvalue weighted by molar-refractivity contribution is 5.75. The van der Waals surface area contributed by atoms with Gasteiger partial charge < -0.3 is 14.9 Å². The first-order chi connectivity index (χ1) is 10.6. The summed E-state index contributed by atoms with van der Waals surface area (Å²) in [5, 5.41) is 17.6. The van der Waals surface area contributed by atoms with E-state index in [2.05, 4.69) is 60.6 Å². The highest BCUT2D eigenvalue weighted by atomic mass is 16.3. The minimum atomic E-state index is -0.0178. The number of aryl methyl sites for hydroxylation is 1. The Kier molecular flexibility index (Phi) is 7.35. The van der Waals surface area contributed by atoms with Gasteiger partial charge in [-0.1, -0.05) is 59.2 Å². The molecule has 0 heterocycles. The first kappa shape index (κ1) is 22.3. The van der Waals surface area contributed by atoms with Gasteiger partial charge in [-0.3, -0.25) is 5.41 Å². The van der Waals surface area contributed by atoms with Gasteiger partial charge in [-0.05, 0) is 28.9 Å². The molecule has 0 aliphatic carbocycles. The third kappa shape index (κ3) is 6.42. The predicted molar refractivity (Wildman–Crippen MR) is 105 cm³/mol. The van der Waals surface area contributed by atoms with Crippen LogP contribution in [0.1, 0.15) is 58.2 Å². The van der Waals surface area contributed by atoms with Gasteiger partial charge in [0.1, 0.15) is 5.75 Å². The summed E-state index contributed by atoms with van der Waals surface area (Å²) in [4.78, 5) is 3.50. The number of guanidine groups is 1. The average molecular weight is 336 g/mol. The Morgan fingerprint density at radius 2 is 1.12 bits per heavy atom. The minimum absolute atomic E-state index is 0.0178. The van der Waals surface area contributed by atoms with Gasteiger partial charge in [0.15, 0.2) is 5.96 Å². The Labute approximate surface area is 149 Å². The van der Waals surface area contributed by atoms with Crippen LogP contribution < -0.4 is 0 Å². The second-order valence-corrected chi connectivity index (χ2v) is 8.82. The first-order valence-corrected chi connectivity index (χ1v) is 8.36. The third-order valence-corrected chi connectivity index (χ3v) is 3.72. The number of nitrogens with zero attached hydrogens (tertiary/aromatic N) is 2. The molecule has 1 aromatic rings. The lowest BCUT2D eigenvalue weighted by Crippen LogP contribution is -2.34. The number of phenols is 1. The monoisotopic (exact) mass is 335 g/mol. The number of rotatable bonds is 0. The molecule has 4 heteroatoms. The lowest BCUT2D eigenvalue weighted by Gasteiger charge is -2.27. The molecule has 0 radical (unpaired) electrons. The maximum atomic E-state index is 10.4. The zero-order valence-electron chi connectivity index (χ0n) is 17.5. The SMILES string of the molecule is CN(C)C(=N)N(C)C.Cc1cc(C(C)(C)C)c(O)c(C(C)(C)C)c1. The molecular formula is C20H37N3O. The molecule has 0 unspecified atom stereocenters. The molecule has 0 spiro atoms. The fourth-order valence-electron chi connectivity index (χ4n) is 2.32. The number of hydrogen-bond acceptors (Lipinski definition) is 2. The molecule has 0 atom stereocenters. The molecule has 2 N–H and O–H groups in total. The number of nitrogens with one attached hydrogen (secondary N) is 1. The normalized spacial score (nSPS) is 11.5. The van der Waals surface area contributed by atoms with Crippen molar-refractivity contribution in [3.8, 4) is 5.75 Å². The zero-order chi connectivity index (χ0) is 19.5. The summed E-state index contributed by atoms with van der Waals surface area (Å²) >= 11 is 0. The first-order valence-electron chi connectivity index (χ1n) is 8.36. The molecule has 0 saturated heterocycles. The van der Waals surface area contributed by atoms with E-state index in [9.17, 15) is 5.11 Å². The minimum Gasteiger partial charge on any atom is -0.507 e. The van der Waals surface area contributed by atoms with Crippen molar-refractivity contribution in [2.75, 3.05) is 28.2 Å². The highest BCUT2D eigenvalue weighted by Gasteiger charge is 2.25. The van der Waals surface area contributed by atoms with Crippen LogP contribution in [-0.2, 0) is 10.8 Å². The van der Waals surface area contributed by atoms with Crippen molar-refractivity contribution in [1.29, 1.82) is 5.41 Å². The Bertz CT molecular complexity index is 516. The lowest BCUT2D eigenvalue weighted by atomic mass is 9.78. The molecule has 1 aromatic carbocycles. The summed E-state index contributed by atoms with van der Waals surface area (Å²) in [7, 11) is 7.40. The Balaban J connectivity index is 0.000000561. The van der Waals surface area contributed by atoms with Crippen molar-refractivity contribution in [2.45, 2.75) is 59.3 Å². The van der Waals surface area contributed by atoms with Crippen LogP contribution in [0.25, 0.3) is 0 Å². The van der Waals surface area contributed by atoms with Gasteiger partial charge in [0.2, 0.25) is 0 Å². The van der Waals surface area contributed by atoms with Crippen LogP contribution in [0.15, 0.2) is 12.1 Å². The second kappa shape index (κ2) is 7.91. The maximum Gasteiger partial charge on any atom is 0.192 e. The van der Waals surface area contributed by atoms with Gasteiger partial charge in [-0.15, -0.1) is 0 Å². The van der Waals surface area contributed by atoms with Crippen LogP contribution >= 0.6 is 0 Å². The molecule has 0 aliphatic heterocycles. The van der Waals surface area contributed by atoms with E-state index in [-0.39, 0.29) is 10.8 Å². The Hall–Kier alpha value is -1.71. The number of aromatic hydroxyl groups is 1. The summed E-state index contributed by atoms with van der Waals surface area (Å²) in [6.07, 6.45) is 0. The molecule has 0 fully saturated rings.